The van der Waals surface area contributed by atoms with Crippen molar-refractivity contribution in [2.45, 2.75) is 26.4 Å². The normalized spacial score (nSPS) is 11.3. The van der Waals surface area contributed by atoms with E-state index in [1.165, 1.54) is 12.1 Å². The predicted octanol–water partition coefficient (Wildman–Crippen LogP) is 1.56. The second kappa shape index (κ2) is 5.68. The number of aromatic carboxylic acids is 1. The zero-order valence-electron chi connectivity index (χ0n) is 10.8. The Morgan fingerprint density at radius 1 is 1.39 bits per heavy atom. The summed E-state index contributed by atoms with van der Waals surface area (Å²) >= 11 is 0. The maximum Gasteiger partial charge on any atom is 0.354 e. The highest BCUT2D eigenvalue weighted by atomic mass is 16.5. The van der Waals surface area contributed by atoms with Crippen LogP contribution in [0.3, 0.4) is 0 Å². The van der Waals surface area contributed by atoms with Crippen LogP contribution in [0, 0.1) is 0 Å². The molecule has 0 radical (unpaired) electrons. The average Bonchev–Trinajstić information content (AvgIpc) is 2.24. The van der Waals surface area contributed by atoms with Gasteiger partial charge in [0.1, 0.15) is 6.61 Å². The number of nitrogens with zero attached hydrogens (tertiary/aromatic N) is 1. The van der Waals surface area contributed by atoms with E-state index in [2.05, 4.69) is 4.98 Å². The molecule has 0 aliphatic carbocycles. The predicted molar refractivity (Wildman–Crippen MR) is 66.8 cm³/mol. The van der Waals surface area contributed by atoms with Crippen molar-refractivity contribution in [2.75, 3.05) is 18.9 Å². The molecule has 0 aliphatic rings. The van der Waals surface area contributed by atoms with E-state index < -0.39 is 5.97 Å². The first-order chi connectivity index (χ1) is 8.29. The summed E-state index contributed by atoms with van der Waals surface area (Å²) in [6.45, 7) is 6.44. The Bertz CT molecular complexity index is 427. The number of hydrogen-bond donors (Lipinski definition) is 2. The van der Waals surface area contributed by atoms with Crippen molar-refractivity contribution < 1.29 is 19.4 Å². The van der Waals surface area contributed by atoms with Crippen molar-refractivity contribution in [1.82, 2.24) is 4.98 Å². The van der Waals surface area contributed by atoms with Crippen LogP contribution < -0.4 is 10.5 Å². The summed E-state index contributed by atoms with van der Waals surface area (Å²) in [5.74, 6) is -1.00. The Balaban J connectivity index is 2.56. The van der Waals surface area contributed by atoms with Crippen LogP contribution in [0.1, 0.15) is 31.3 Å². The fraction of sp³-hybridized carbons (Fsp3) is 0.500. The number of pyridine rings is 1. The van der Waals surface area contributed by atoms with Crippen LogP contribution in [0.2, 0.25) is 0 Å². The minimum absolute atomic E-state index is 0.101. The highest BCUT2D eigenvalue weighted by molar-refractivity contribution is 5.86. The Morgan fingerprint density at radius 2 is 2.06 bits per heavy atom. The lowest BCUT2D eigenvalue weighted by molar-refractivity contribution is -0.0167. The topological polar surface area (TPSA) is 94.7 Å². The molecule has 100 valence electrons. The van der Waals surface area contributed by atoms with Gasteiger partial charge in [0.25, 0.3) is 0 Å². The summed E-state index contributed by atoms with van der Waals surface area (Å²) in [6, 6.07) is 2.78. The number of aromatic nitrogens is 1. The number of carbonyl (C=O) groups is 1. The lowest BCUT2D eigenvalue weighted by Crippen LogP contribution is -2.22. The average molecular weight is 254 g/mol. The van der Waals surface area contributed by atoms with E-state index in [1.54, 1.807) is 0 Å². The van der Waals surface area contributed by atoms with Gasteiger partial charge in [0, 0.05) is 0 Å². The van der Waals surface area contributed by atoms with Gasteiger partial charge in [-0.25, -0.2) is 9.78 Å². The van der Waals surface area contributed by atoms with Crippen LogP contribution >= 0.6 is 0 Å². The number of nitrogens with two attached hydrogens (primary N) is 1. The van der Waals surface area contributed by atoms with Crippen LogP contribution in [0.5, 0.6) is 5.88 Å². The monoisotopic (exact) mass is 254 g/mol. The second-order valence-electron chi connectivity index (χ2n) is 4.71. The molecule has 3 N–H and O–H groups in total. The van der Waals surface area contributed by atoms with Crippen molar-refractivity contribution in [3.05, 3.63) is 17.8 Å². The van der Waals surface area contributed by atoms with Gasteiger partial charge >= 0.3 is 5.97 Å². The number of hydrogen-bond acceptors (Lipinski definition) is 5. The van der Waals surface area contributed by atoms with Crippen molar-refractivity contribution in [2.24, 2.45) is 0 Å². The molecular formula is C12H18N2O4. The second-order valence-corrected chi connectivity index (χ2v) is 4.71. The zero-order valence-corrected chi connectivity index (χ0v) is 10.8. The summed E-state index contributed by atoms with van der Waals surface area (Å²) in [5, 5.41) is 8.79. The van der Waals surface area contributed by atoms with Gasteiger partial charge in [0.05, 0.1) is 17.9 Å². The van der Waals surface area contributed by atoms with E-state index in [-0.39, 0.29) is 23.8 Å². The summed E-state index contributed by atoms with van der Waals surface area (Å²) in [7, 11) is 0. The van der Waals surface area contributed by atoms with Gasteiger partial charge in [-0.2, -0.15) is 0 Å². The molecule has 6 nitrogen and oxygen atoms in total. The Labute approximate surface area is 106 Å². The molecule has 0 atom stereocenters. The Morgan fingerprint density at radius 3 is 2.61 bits per heavy atom. The first-order valence-electron chi connectivity index (χ1n) is 5.56. The summed E-state index contributed by atoms with van der Waals surface area (Å²) < 4.78 is 10.8. The number of nitrogen functional groups attached to an aromatic ring is 1. The Hall–Kier alpha value is -1.82. The third-order valence-electron chi connectivity index (χ3n) is 1.97. The van der Waals surface area contributed by atoms with Gasteiger partial charge in [0.15, 0.2) is 5.69 Å². The molecule has 1 aromatic heterocycles. The molecule has 1 aromatic rings. The van der Waals surface area contributed by atoms with Gasteiger partial charge < -0.3 is 20.3 Å². The van der Waals surface area contributed by atoms with Crippen molar-refractivity contribution in [1.29, 1.82) is 0 Å². The molecule has 0 saturated carbocycles. The number of anilines is 1. The SMILES string of the molecule is CC(C)(C)OCCOc1nc(C(=O)O)ccc1N. The number of carboxylic acids is 1. The lowest BCUT2D eigenvalue weighted by atomic mass is 10.2. The third-order valence-corrected chi connectivity index (χ3v) is 1.97. The van der Waals surface area contributed by atoms with E-state index in [9.17, 15) is 4.79 Å². The molecule has 0 aliphatic heterocycles. The molecule has 0 bridgehead atoms. The zero-order chi connectivity index (χ0) is 13.8. The summed E-state index contributed by atoms with van der Waals surface area (Å²) in [5.41, 5.74) is 5.59. The van der Waals surface area contributed by atoms with Crippen molar-refractivity contribution in [3.8, 4) is 5.88 Å². The van der Waals surface area contributed by atoms with Crippen LogP contribution in [0.15, 0.2) is 12.1 Å². The number of rotatable bonds is 5. The number of carboxylic acid groups (broad SMARTS) is 1. The minimum Gasteiger partial charge on any atom is -0.477 e. The van der Waals surface area contributed by atoms with E-state index in [4.69, 9.17) is 20.3 Å². The Kier molecular flexibility index (Phi) is 4.49. The molecular weight excluding hydrogens is 236 g/mol. The summed E-state index contributed by atoms with van der Waals surface area (Å²) in [4.78, 5) is 14.5. The maximum atomic E-state index is 10.7. The summed E-state index contributed by atoms with van der Waals surface area (Å²) in [6.07, 6.45) is 0. The maximum absolute atomic E-state index is 10.7. The first-order valence-corrected chi connectivity index (χ1v) is 5.56. The fourth-order valence-electron chi connectivity index (χ4n) is 1.17. The van der Waals surface area contributed by atoms with Crippen LogP contribution in [-0.4, -0.2) is 34.9 Å². The minimum atomic E-state index is -1.12. The van der Waals surface area contributed by atoms with Gasteiger partial charge in [-0.3, -0.25) is 0 Å². The van der Waals surface area contributed by atoms with Crippen molar-refractivity contribution >= 4 is 11.7 Å². The molecule has 1 heterocycles. The van der Waals surface area contributed by atoms with Crippen LogP contribution in [0.4, 0.5) is 5.69 Å². The molecule has 1 rings (SSSR count). The molecule has 0 saturated heterocycles. The highest BCUT2D eigenvalue weighted by Crippen LogP contribution is 2.18. The fourth-order valence-corrected chi connectivity index (χ4v) is 1.17. The van der Waals surface area contributed by atoms with Gasteiger partial charge in [0.2, 0.25) is 5.88 Å². The standard InChI is InChI=1S/C12H18N2O4/c1-12(2,3)18-7-6-17-10-8(13)4-5-9(14-10)11(15)16/h4-5H,6-7,13H2,1-3H3,(H,15,16). The molecule has 0 amide bonds. The van der Waals surface area contributed by atoms with Gasteiger partial charge in [-0.15, -0.1) is 0 Å². The molecule has 0 unspecified atom stereocenters. The number of ether oxygens (including phenoxy) is 2. The van der Waals surface area contributed by atoms with Gasteiger partial charge in [-0.1, -0.05) is 0 Å². The largest absolute Gasteiger partial charge is 0.477 e. The molecule has 6 heteroatoms. The molecule has 0 spiro atoms. The van der Waals surface area contributed by atoms with Crippen LogP contribution in [-0.2, 0) is 4.74 Å². The molecule has 0 fully saturated rings. The highest BCUT2D eigenvalue weighted by Gasteiger charge is 2.11. The van der Waals surface area contributed by atoms with Crippen LogP contribution in [0.25, 0.3) is 0 Å². The van der Waals surface area contributed by atoms with E-state index in [1.807, 2.05) is 20.8 Å². The molecule has 18 heavy (non-hydrogen) atoms. The third kappa shape index (κ3) is 4.58. The van der Waals surface area contributed by atoms with E-state index >= 15 is 0 Å². The quantitative estimate of drug-likeness (QED) is 0.774. The molecule has 0 aromatic carbocycles. The lowest BCUT2D eigenvalue weighted by Gasteiger charge is -2.19. The van der Waals surface area contributed by atoms with E-state index in [0.29, 0.717) is 12.3 Å². The van der Waals surface area contributed by atoms with Gasteiger partial charge in [-0.05, 0) is 32.9 Å². The van der Waals surface area contributed by atoms with E-state index in [0.717, 1.165) is 0 Å². The smallest absolute Gasteiger partial charge is 0.354 e. The first kappa shape index (κ1) is 14.2. The van der Waals surface area contributed by atoms with Crippen molar-refractivity contribution in [3.63, 3.8) is 0 Å².